The van der Waals surface area contributed by atoms with Crippen LogP contribution in [-0.4, -0.2) is 11.9 Å². The predicted octanol–water partition coefficient (Wildman–Crippen LogP) is 1.31. The topological polar surface area (TPSA) is 29.1 Å². The first-order valence-electron chi connectivity index (χ1n) is 3.54. The van der Waals surface area contributed by atoms with Gasteiger partial charge in [-0.05, 0) is 25.7 Å². The van der Waals surface area contributed by atoms with Crippen LogP contribution in [0.15, 0.2) is 0 Å². The molecule has 0 atom stereocenters. The molecule has 0 saturated heterocycles. The zero-order valence-electron chi connectivity index (χ0n) is 5.81. The van der Waals surface area contributed by atoms with Crippen LogP contribution in [0.4, 0.5) is 0 Å². The van der Waals surface area contributed by atoms with E-state index in [2.05, 4.69) is 12.2 Å². The Bertz CT molecular complexity index is 107. The molecule has 1 fully saturated rings. The lowest BCUT2D eigenvalue weighted by Crippen LogP contribution is -2.49. The van der Waals surface area contributed by atoms with Gasteiger partial charge in [0, 0.05) is 6.97 Å². The van der Waals surface area contributed by atoms with Crippen molar-refractivity contribution in [2.45, 2.75) is 38.1 Å². The molecule has 0 aromatic carbocycles. The van der Waals surface area contributed by atoms with Gasteiger partial charge >= 0.3 is 0 Å². The van der Waals surface area contributed by atoms with E-state index >= 15 is 0 Å². The summed E-state index contributed by atoms with van der Waals surface area (Å²) in [6, 6.07) is 0. The van der Waals surface area contributed by atoms with E-state index in [0.717, 1.165) is 12.8 Å². The highest BCUT2D eigenvalue weighted by Gasteiger charge is 2.33. The van der Waals surface area contributed by atoms with E-state index in [4.69, 9.17) is 0 Å². The molecule has 1 rings (SSSR count). The summed E-state index contributed by atoms with van der Waals surface area (Å²) in [5.41, 5.74) is 0.196. The first-order valence-corrected chi connectivity index (χ1v) is 3.54. The van der Waals surface area contributed by atoms with Crippen LogP contribution in [0.5, 0.6) is 0 Å². The Balaban J connectivity index is 0.000000810. The zero-order chi connectivity index (χ0) is 6.74. The maximum absolute atomic E-state index is 10.1. The number of carbonyl (C=O) groups excluding carboxylic acids is 1. The van der Waals surface area contributed by atoms with Gasteiger partial charge in [0.25, 0.3) is 0 Å². The smallest absolute Gasteiger partial charge is 0.207 e. The molecule has 0 unspecified atom stereocenters. The van der Waals surface area contributed by atoms with Crippen molar-refractivity contribution in [1.82, 2.24) is 5.32 Å². The van der Waals surface area contributed by atoms with Crippen LogP contribution in [0, 0.1) is 0 Å². The third-order valence-corrected chi connectivity index (χ3v) is 2.35. The second-order valence-corrected chi connectivity index (χ2v) is 2.75. The minimum Gasteiger partial charge on any atom is -0.353 e. The summed E-state index contributed by atoms with van der Waals surface area (Å²) < 4.78 is 0. The predicted molar refractivity (Wildman–Crippen MR) is 38.2 cm³/mol. The summed E-state index contributed by atoms with van der Waals surface area (Å²) in [5, 5.41) is 2.86. The van der Waals surface area contributed by atoms with Gasteiger partial charge in [-0.2, -0.15) is 0 Å². The molecule has 2 nitrogen and oxygen atoms in total. The van der Waals surface area contributed by atoms with Crippen molar-refractivity contribution in [1.29, 1.82) is 0 Å². The summed E-state index contributed by atoms with van der Waals surface area (Å²) in [4.78, 5) is 10.1. The van der Waals surface area contributed by atoms with E-state index in [1.54, 1.807) is 0 Å². The lowest BCUT2D eigenvalue weighted by Gasteiger charge is -2.40. The van der Waals surface area contributed by atoms with E-state index in [0.29, 0.717) is 0 Å². The quantitative estimate of drug-likeness (QED) is 0.572. The monoisotopic (exact) mass is 129 g/mol. The summed E-state index contributed by atoms with van der Waals surface area (Å²) in [7, 11) is 0. The number of rotatable bonds is 3. The molecule has 0 spiro atoms. The molecule has 1 amide bonds. The lowest BCUT2D eigenvalue weighted by molar-refractivity contribution is -0.112. The maximum atomic E-state index is 10.1. The van der Waals surface area contributed by atoms with E-state index in [1.807, 2.05) is 0 Å². The van der Waals surface area contributed by atoms with E-state index < -0.39 is 0 Å². The van der Waals surface area contributed by atoms with E-state index in [9.17, 15) is 4.79 Å². The summed E-state index contributed by atoms with van der Waals surface area (Å²) >= 11 is 0. The Labute approximate surface area is 57.1 Å². The molecular formula is C7H15NO. The number of hydrogen-bond donors (Lipinski definition) is 1. The van der Waals surface area contributed by atoms with Crippen molar-refractivity contribution >= 4 is 6.41 Å². The van der Waals surface area contributed by atoms with Crippen LogP contribution in [-0.2, 0) is 4.79 Å². The maximum Gasteiger partial charge on any atom is 0.207 e. The third-order valence-electron chi connectivity index (χ3n) is 2.35. The third kappa shape index (κ3) is 1.07. The Kier molecular flexibility index (Phi) is 1.74. The minimum absolute atomic E-state index is 0. The van der Waals surface area contributed by atoms with Crippen molar-refractivity contribution in [3.8, 4) is 0 Å². The normalized spacial score (nSPS) is 22.3. The standard InChI is InChI=1S/C7H13NO.H2/c1-2-7(8-6-9)4-3-5-7;/h6H,2-5H2,1H3,(H,8,9);1H. The average molecular weight is 129 g/mol. The van der Waals surface area contributed by atoms with Crippen LogP contribution in [0.1, 0.15) is 34.0 Å². The molecular weight excluding hydrogens is 114 g/mol. The Morgan fingerprint density at radius 2 is 2.44 bits per heavy atom. The molecule has 1 saturated carbocycles. The first kappa shape index (κ1) is 6.59. The molecule has 0 aromatic rings. The summed E-state index contributed by atoms with van der Waals surface area (Å²) in [6.07, 6.45) is 5.51. The molecule has 54 valence electrons. The summed E-state index contributed by atoms with van der Waals surface area (Å²) in [6.45, 7) is 2.12. The highest BCUT2D eigenvalue weighted by atomic mass is 16.1. The fourth-order valence-electron chi connectivity index (χ4n) is 1.33. The molecule has 0 aromatic heterocycles. The van der Waals surface area contributed by atoms with Gasteiger partial charge in [0.1, 0.15) is 0 Å². The SMILES string of the molecule is CCC1(NC=O)CCC1.[HH]. The molecule has 0 aliphatic heterocycles. The van der Waals surface area contributed by atoms with Gasteiger partial charge in [0.2, 0.25) is 6.41 Å². The Hall–Kier alpha value is -0.530. The molecule has 1 aliphatic rings. The molecule has 1 aliphatic carbocycles. The average Bonchev–Trinajstić information content (AvgIpc) is 1.79. The van der Waals surface area contributed by atoms with Crippen LogP contribution < -0.4 is 5.32 Å². The number of amides is 1. The van der Waals surface area contributed by atoms with Gasteiger partial charge in [-0.3, -0.25) is 4.79 Å². The van der Waals surface area contributed by atoms with Crippen molar-refractivity contribution in [3.05, 3.63) is 0 Å². The second-order valence-electron chi connectivity index (χ2n) is 2.75. The second kappa shape index (κ2) is 2.38. The van der Waals surface area contributed by atoms with Gasteiger partial charge < -0.3 is 5.32 Å². The number of nitrogens with one attached hydrogen (secondary N) is 1. The number of hydrogen-bond acceptors (Lipinski definition) is 1. The molecule has 2 heteroatoms. The zero-order valence-corrected chi connectivity index (χ0v) is 5.81. The van der Waals surface area contributed by atoms with Crippen molar-refractivity contribution in [2.75, 3.05) is 0 Å². The molecule has 9 heavy (non-hydrogen) atoms. The summed E-state index contributed by atoms with van der Waals surface area (Å²) in [5.74, 6) is 0. The fraction of sp³-hybridized carbons (Fsp3) is 0.857. The van der Waals surface area contributed by atoms with Crippen molar-refractivity contribution in [2.24, 2.45) is 0 Å². The number of carbonyl (C=O) groups is 1. The Morgan fingerprint density at radius 1 is 1.78 bits per heavy atom. The van der Waals surface area contributed by atoms with Gasteiger partial charge in [-0.25, -0.2) is 0 Å². The highest BCUT2D eigenvalue weighted by Crippen LogP contribution is 2.33. The van der Waals surface area contributed by atoms with Gasteiger partial charge in [0.05, 0.1) is 0 Å². The van der Waals surface area contributed by atoms with Crippen LogP contribution >= 0.6 is 0 Å². The van der Waals surface area contributed by atoms with Crippen LogP contribution in [0.3, 0.4) is 0 Å². The van der Waals surface area contributed by atoms with Crippen LogP contribution in [0.2, 0.25) is 0 Å². The Morgan fingerprint density at radius 3 is 2.56 bits per heavy atom. The molecule has 0 heterocycles. The molecule has 0 bridgehead atoms. The van der Waals surface area contributed by atoms with Crippen molar-refractivity contribution < 1.29 is 6.22 Å². The first-order chi connectivity index (χ1) is 4.33. The van der Waals surface area contributed by atoms with Crippen LogP contribution in [0.25, 0.3) is 0 Å². The fourth-order valence-corrected chi connectivity index (χ4v) is 1.33. The largest absolute Gasteiger partial charge is 0.353 e. The minimum atomic E-state index is 0. The molecule has 1 N–H and O–H groups in total. The van der Waals surface area contributed by atoms with Gasteiger partial charge in [-0.1, -0.05) is 6.92 Å². The van der Waals surface area contributed by atoms with Gasteiger partial charge in [0.15, 0.2) is 0 Å². The molecule has 0 radical (unpaired) electrons. The van der Waals surface area contributed by atoms with E-state index in [-0.39, 0.29) is 6.97 Å². The van der Waals surface area contributed by atoms with E-state index in [1.165, 1.54) is 19.3 Å². The van der Waals surface area contributed by atoms with Crippen molar-refractivity contribution in [3.63, 3.8) is 0 Å². The highest BCUT2D eigenvalue weighted by molar-refractivity contribution is 5.48. The lowest BCUT2D eigenvalue weighted by atomic mass is 9.75. The van der Waals surface area contributed by atoms with Gasteiger partial charge in [-0.15, -0.1) is 0 Å².